The summed E-state index contributed by atoms with van der Waals surface area (Å²) in [6, 6.07) is 0. The van der Waals surface area contributed by atoms with Crippen LogP contribution in [-0.2, 0) is 38.2 Å². The van der Waals surface area contributed by atoms with Crippen LogP contribution in [0.4, 0.5) is 35.1 Å². The molecule has 0 saturated heterocycles. The van der Waals surface area contributed by atoms with E-state index < -0.39 is 102 Å². The van der Waals surface area contributed by atoms with Crippen LogP contribution in [0.3, 0.4) is 0 Å². The first-order chi connectivity index (χ1) is 13.2. The molecular weight excluding hydrogens is 502 g/mol. The third kappa shape index (κ3) is 5.96. The van der Waals surface area contributed by atoms with E-state index in [9.17, 15) is 43.5 Å². The molecule has 0 heterocycles. The molecule has 0 bridgehead atoms. The second-order valence-corrected chi connectivity index (χ2v) is 8.68. The van der Waals surface area contributed by atoms with E-state index in [1.807, 2.05) is 0 Å². The Morgan fingerprint density at radius 2 is 0.867 bits per heavy atom. The van der Waals surface area contributed by atoms with Gasteiger partial charge in [0.05, 0.1) is 0 Å². The SMILES string of the molecule is C[S-](=O)=O.Cc1c(F)c(F)[c]([AlH][c]2c(F)c(F)c([S-](=O)=O)c(F)c2F)c(F)c1F.[AlH+2]. The zero-order valence-corrected chi connectivity index (χ0v) is 19.3. The molecule has 0 spiro atoms. The second kappa shape index (κ2) is 11.5. The van der Waals surface area contributed by atoms with Crippen LogP contribution in [0.5, 0.6) is 0 Å². The summed E-state index contributed by atoms with van der Waals surface area (Å²) in [6.07, 6.45) is 1.08. The molecule has 0 amide bonds. The van der Waals surface area contributed by atoms with E-state index in [-0.39, 0.29) is 17.4 Å². The molecule has 30 heavy (non-hydrogen) atoms. The normalized spacial score (nSPS) is 10.5. The standard InChI is InChI=1S/C7H3F4.C6F4O2S.CH3O2S.2Al.2H/c1-3-6(10)4(8)2-5(9)7(3)11;7-2-1-3(8)5(10)6(4(2)9)13(11)12;1-4(2)3;;;;/h1H3;;1H3;;;;/q;2*-1;;+2;;. The Balaban J connectivity index is 0.00000154. The zero-order chi connectivity index (χ0) is 22.8. The maximum atomic E-state index is 13.8. The van der Waals surface area contributed by atoms with Gasteiger partial charge in [-0.25, -0.2) is 35.1 Å². The van der Waals surface area contributed by atoms with Crippen LogP contribution in [0.1, 0.15) is 5.56 Å². The second-order valence-electron chi connectivity index (χ2n) is 5.24. The molecule has 0 atom stereocenters. The number of benzene rings is 2. The summed E-state index contributed by atoms with van der Waals surface area (Å²) in [7, 11) is -5.54. The van der Waals surface area contributed by atoms with Crippen molar-refractivity contribution in [3.8, 4) is 0 Å². The summed E-state index contributed by atoms with van der Waals surface area (Å²) in [4.78, 5) is -1.94. The van der Waals surface area contributed by atoms with Crippen molar-refractivity contribution in [3.05, 3.63) is 52.1 Å². The van der Waals surface area contributed by atoms with Gasteiger partial charge in [0.2, 0.25) is 0 Å². The predicted molar refractivity (Wildman–Crippen MR) is 92.5 cm³/mol. The average Bonchev–Trinajstić information content (AvgIpc) is 2.62. The Labute approximate surface area is 184 Å². The van der Waals surface area contributed by atoms with Crippen molar-refractivity contribution < 1.29 is 52.0 Å². The Morgan fingerprint density at radius 1 is 0.600 bits per heavy atom. The van der Waals surface area contributed by atoms with Crippen molar-refractivity contribution in [1.82, 2.24) is 0 Å². The zero-order valence-electron chi connectivity index (χ0n) is 14.9. The van der Waals surface area contributed by atoms with Crippen molar-refractivity contribution >= 4 is 62.8 Å². The van der Waals surface area contributed by atoms with Crippen LogP contribution in [0.15, 0.2) is 4.90 Å². The first-order valence-electron chi connectivity index (χ1n) is 7.00. The summed E-state index contributed by atoms with van der Waals surface area (Å²) in [5.74, 6) is -16.5. The quantitative estimate of drug-likeness (QED) is 0.272. The molecule has 0 unspecified atom stereocenters. The molecule has 0 radical (unpaired) electrons. The summed E-state index contributed by atoms with van der Waals surface area (Å²) < 4.78 is 146. The van der Waals surface area contributed by atoms with Gasteiger partial charge in [-0.1, -0.05) is 17.0 Å². The fourth-order valence-electron chi connectivity index (χ4n) is 2.08. The number of hydrogen-bond donors (Lipinski definition) is 0. The Hall–Kier alpha value is -1.16. The third-order valence-corrected chi connectivity index (χ3v) is 6.05. The Morgan fingerprint density at radius 3 is 1.13 bits per heavy atom. The average molecular weight is 510 g/mol. The van der Waals surface area contributed by atoms with Gasteiger partial charge in [0.1, 0.15) is 34.9 Å². The topological polar surface area (TPSA) is 68.3 Å². The van der Waals surface area contributed by atoms with Crippen LogP contribution >= 0.6 is 0 Å². The maximum absolute atomic E-state index is 13.8. The molecule has 162 valence electrons. The van der Waals surface area contributed by atoms with E-state index in [0.29, 0.717) is 6.92 Å². The van der Waals surface area contributed by atoms with E-state index in [0.717, 1.165) is 6.26 Å². The molecule has 0 aromatic heterocycles. The minimum atomic E-state index is -3.68. The molecular formula is C14H8Al2F8O4S2. The van der Waals surface area contributed by atoms with Crippen molar-refractivity contribution in [2.75, 3.05) is 6.26 Å². The summed E-state index contributed by atoms with van der Waals surface area (Å²) in [5, 5.41) is 0. The van der Waals surface area contributed by atoms with Gasteiger partial charge in [-0.05, 0) is 31.4 Å². The first-order valence-corrected chi connectivity index (χ1v) is 11.0. The van der Waals surface area contributed by atoms with Gasteiger partial charge >= 0.3 is 32.6 Å². The molecule has 4 nitrogen and oxygen atoms in total. The van der Waals surface area contributed by atoms with E-state index in [4.69, 9.17) is 8.42 Å². The summed E-state index contributed by atoms with van der Waals surface area (Å²) >= 11 is -3.15. The van der Waals surface area contributed by atoms with Crippen LogP contribution in [0.2, 0.25) is 0 Å². The van der Waals surface area contributed by atoms with Gasteiger partial charge in [0.15, 0.2) is 11.6 Å². The first kappa shape index (κ1) is 28.8. The monoisotopic (exact) mass is 510 g/mol. The van der Waals surface area contributed by atoms with Crippen molar-refractivity contribution in [2.45, 2.75) is 11.8 Å². The number of rotatable bonds is 3. The summed E-state index contributed by atoms with van der Waals surface area (Å²) in [6.45, 7) is 0.709. The van der Waals surface area contributed by atoms with Crippen molar-refractivity contribution in [1.29, 1.82) is 0 Å². The van der Waals surface area contributed by atoms with E-state index in [1.165, 1.54) is 0 Å². The summed E-state index contributed by atoms with van der Waals surface area (Å²) in [5.41, 5.74) is -1.02. The van der Waals surface area contributed by atoms with Gasteiger partial charge in [-0.3, -0.25) is 0 Å². The van der Waals surface area contributed by atoms with E-state index >= 15 is 0 Å². The van der Waals surface area contributed by atoms with Crippen LogP contribution in [-0.4, -0.2) is 38.8 Å². The fourth-order valence-corrected chi connectivity index (χ4v) is 4.14. The predicted octanol–water partition coefficient (Wildman–Crippen LogP) is 1.44. The van der Waals surface area contributed by atoms with Crippen LogP contribution in [0.25, 0.3) is 0 Å². The van der Waals surface area contributed by atoms with Gasteiger partial charge in [0, 0.05) is 5.56 Å². The molecule has 0 fully saturated rings. The molecule has 0 aliphatic carbocycles. The number of halogens is 8. The van der Waals surface area contributed by atoms with E-state index in [2.05, 4.69) is 0 Å². The van der Waals surface area contributed by atoms with Crippen molar-refractivity contribution in [3.63, 3.8) is 0 Å². The van der Waals surface area contributed by atoms with Crippen LogP contribution in [0, 0.1) is 53.5 Å². The third-order valence-electron chi connectivity index (χ3n) is 3.41. The molecule has 0 aliphatic rings. The molecule has 0 saturated carbocycles. The van der Waals surface area contributed by atoms with Crippen LogP contribution < -0.4 is 8.85 Å². The fraction of sp³-hybridized carbons (Fsp3) is 0.143. The van der Waals surface area contributed by atoms with E-state index in [1.54, 1.807) is 0 Å². The van der Waals surface area contributed by atoms with Gasteiger partial charge in [-0.2, -0.15) is 0 Å². The Kier molecular flexibility index (Phi) is 11.0. The number of hydrogen-bond acceptors (Lipinski definition) is 6. The Bertz CT molecular complexity index is 1060. The van der Waals surface area contributed by atoms with Gasteiger partial charge < -0.3 is 16.8 Å². The molecule has 2 aromatic rings. The molecule has 2 rings (SSSR count). The van der Waals surface area contributed by atoms with Gasteiger partial charge in [-0.15, -0.1) is 0 Å². The minimum absolute atomic E-state index is 0. The molecule has 0 N–H and O–H groups in total. The molecule has 2 aromatic carbocycles. The van der Waals surface area contributed by atoms with Crippen molar-refractivity contribution in [2.24, 2.45) is 0 Å². The molecule has 16 heteroatoms. The van der Waals surface area contributed by atoms with Gasteiger partial charge in [0.25, 0.3) is 0 Å². The molecule has 0 aliphatic heterocycles.